The van der Waals surface area contributed by atoms with Crippen LogP contribution in [0.5, 0.6) is 0 Å². The minimum atomic E-state index is -0.414. The van der Waals surface area contributed by atoms with Gasteiger partial charge in [-0.1, -0.05) is 43.2 Å². The summed E-state index contributed by atoms with van der Waals surface area (Å²) in [5, 5.41) is 18.0. The summed E-state index contributed by atoms with van der Waals surface area (Å²) in [6, 6.07) is 13.3. The van der Waals surface area contributed by atoms with Gasteiger partial charge >= 0.3 is 0 Å². The normalized spacial score (nSPS) is 19.9. The van der Waals surface area contributed by atoms with Crippen molar-refractivity contribution in [1.29, 1.82) is 0 Å². The second kappa shape index (κ2) is 6.95. The zero-order valence-corrected chi connectivity index (χ0v) is 14.0. The first-order chi connectivity index (χ1) is 10.7. The average molecular weight is 315 g/mol. The molecule has 0 bridgehead atoms. The Hall–Kier alpha value is -1.16. The van der Waals surface area contributed by atoms with E-state index in [0.29, 0.717) is 12.6 Å². The summed E-state index contributed by atoms with van der Waals surface area (Å²) in [4.78, 5) is 0. The number of nitrogens with one attached hydrogen (secondary N) is 1. The molecule has 0 amide bonds. The Morgan fingerprint density at radius 3 is 2.55 bits per heavy atom. The molecule has 0 unspecified atom stereocenters. The fraction of sp³-hybridized carbons (Fsp3) is 0.474. The molecule has 2 nitrogen and oxygen atoms in total. The van der Waals surface area contributed by atoms with Gasteiger partial charge in [0.2, 0.25) is 0 Å². The standard InChI is InChI=1S/C19H25NOS/c1-15(20-13-18(21)16-9-12-22-14-16)19(10-5-6-11-19)17-7-3-2-4-8-17/h2-4,7-9,12,14-15,18,20-21H,5-6,10-11,13H2,1H3/t15-,18-/m0/s1. The van der Waals surface area contributed by atoms with Gasteiger partial charge in [-0.15, -0.1) is 0 Å². The Morgan fingerprint density at radius 1 is 1.18 bits per heavy atom. The molecule has 2 atom stereocenters. The summed E-state index contributed by atoms with van der Waals surface area (Å²) in [6.45, 7) is 2.89. The molecular weight excluding hydrogens is 290 g/mol. The van der Waals surface area contributed by atoms with Crippen molar-refractivity contribution in [2.24, 2.45) is 0 Å². The Labute approximate surface area is 137 Å². The van der Waals surface area contributed by atoms with E-state index in [-0.39, 0.29) is 5.41 Å². The fourth-order valence-corrected chi connectivity index (χ4v) is 4.52. The maximum absolute atomic E-state index is 10.3. The van der Waals surface area contributed by atoms with Crippen molar-refractivity contribution in [3.8, 4) is 0 Å². The van der Waals surface area contributed by atoms with Crippen LogP contribution < -0.4 is 5.32 Å². The van der Waals surface area contributed by atoms with Gasteiger partial charge < -0.3 is 10.4 Å². The molecule has 2 N–H and O–H groups in total. The van der Waals surface area contributed by atoms with E-state index in [1.54, 1.807) is 11.3 Å². The third-order valence-electron chi connectivity index (χ3n) is 5.22. The topological polar surface area (TPSA) is 32.3 Å². The molecule has 3 heteroatoms. The first kappa shape index (κ1) is 15.7. The van der Waals surface area contributed by atoms with Crippen LogP contribution in [0.1, 0.15) is 49.8 Å². The molecule has 1 aliphatic carbocycles. The summed E-state index contributed by atoms with van der Waals surface area (Å²) in [5.74, 6) is 0. The molecule has 0 spiro atoms. The first-order valence-corrected chi connectivity index (χ1v) is 9.16. The smallest absolute Gasteiger partial charge is 0.0922 e. The molecule has 0 aliphatic heterocycles. The lowest BCUT2D eigenvalue weighted by atomic mass is 9.73. The number of hydrogen-bond donors (Lipinski definition) is 2. The minimum absolute atomic E-state index is 0.218. The zero-order chi connectivity index (χ0) is 15.4. The van der Waals surface area contributed by atoms with Gasteiger partial charge in [0, 0.05) is 18.0 Å². The van der Waals surface area contributed by atoms with Crippen molar-refractivity contribution in [1.82, 2.24) is 5.32 Å². The van der Waals surface area contributed by atoms with Crippen molar-refractivity contribution in [2.75, 3.05) is 6.54 Å². The average Bonchev–Trinajstić information content (AvgIpc) is 3.25. The van der Waals surface area contributed by atoms with Crippen molar-refractivity contribution < 1.29 is 5.11 Å². The van der Waals surface area contributed by atoms with Gasteiger partial charge in [0.1, 0.15) is 0 Å². The summed E-state index contributed by atoms with van der Waals surface area (Å²) >= 11 is 1.64. The van der Waals surface area contributed by atoms with Crippen LogP contribution in [0, 0.1) is 0 Å². The highest BCUT2D eigenvalue weighted by molar-refractivity contribution is 7.07. The molecule has 1 heterocycles. The molecule has 118 valence electrons. The van der Waals surface area contributed by atoms with Crippen LogP contribution in [0.15, 0.2) is 47.2 Å². The lowest BCUT2D eigenvalue weighted by Gasteiger charge is -2.37. The minimum Gasteiger partial charge on any atom is -0.387 e. The van der Waals surface area contributed by atoms with Crippen molar-refractivity contribution in [2.45, 2.75) is 50.2 Å². The summed E-state index contributed by atoms with van der Waals surface area (Å²) in [7, 11) is 0. The fourth-order valence-electron chi connectivity index (χ4n) is 3.81. The molecule has 1 aliphatic rings. The third kappa shape index (κ3) is 3.12. The Kier molecular flexibility index (Phi) is 4.97. The van der Waals surface area contributed by atoms with Gasteiger partial charge in [-0.05, 0) is 47.7 Å². The SMILES string of the molecule is C[C@H](NC[C@H](O)c1ccsc1)C1(c2ccccc2)CCCC1. The number of rotatable bonds is 6. The summed E-state index contributed by atoms with van der Waals surface area (Å²) in [6.07, 6.45) is 4.66. The van der Waals surface area contributed by atoms with Crippen LogP contribution in [0.2, 0.25) is 0 Å². The quantitative estimate of drug-likeness (QED) is 0.834. The number of aliphatic hydroxyl groups excluding tert-OH is 1. The highest BCUT2D eigenvalue weighted by Gasteiger charge is 2.40. The van der Waals surface area contributed by atoms with E-state index >= 15 is 0 Å². The van der Waals surface area contributed by atoms with Gasteiger partial charge in [0.15, 0.2) is 0 Å². The van der Waals surface area contributed by atoms with E-state index in [0.717, 1.165) is 5.56 Å². The van der Waals surface area contributed by atoms with Crippen molar-refractivity contribution in [3.63, 3.8) is 0 Å². The predicted octanol–water partition coefficient (Wildman–Crippen LogP) is 4.27. The lowest BCUT2D eigenvalue weighted by Crippen LogP contribution is -2.46. The van der Waals surface area contributed by atoms with Crippen LogP contribution >= 0.6 is 11.3 Å². The second-order valence-electron chi connectivity index (χ2n) is 6.43. The van der Waals surface area contributed by atoms with Crippen LogP contribution in [0.3, 0.4) is 0 Å². The number of aliphatic hydroxyl groups is 1. The highest BCUT2D eigenvalue weighted by atomic mass is 32.1. The monoisotopic (exact) mass is 315 g/mol. The molecule has 0 saturated heterocycles. The Morgan fingerprint density at radius 2 is 1.91 bits per heavy atom. The van der Waals surface area contributed by atoms with Crippen molar-refractivity contribution >= 4 is 11.3 Å². The molecule has 2 aromatic rings. The van der Waals surface area contributed by atoms with Crippen LogP contribution in [0.4, 0.5) is 0 Å². The molecule has 22 heavy (non-hydrogen) atoms. The summed E-state index contributed by atoms with van der Waals surface area (Å²) < 4.78 is 0. The largest absolute Gasteiger partial charge is 0.387 e. The number of thiophene rings is 1. The van der Waals surface area contributed by atoms with Gasteiger partial charge in [-0.2, -0.15) is 11.3 Å². The van der Waals surface area contributed by atoms with E-state index in [2.05, 4.69) is 42.6 Å². The van der Waals surface area contributed by atoms with E-state index < -0.39 is 6.10 Å². The first-order valence-electron chi connectivity index (χ1n) is 8.21. The Balaban J connectivity index is 1.70. The highest BCUT2D eigenvalue weighted by Crippen LogP contribution is 2.43. The number of benzene rings is 1. The molecule has 1 saturated carbocycles. The predicted molar refractivity (Wildman–Crippen MR) is 93.3 cm³/mol. The van der Waals surface area contributed by atoms with Gasteiger partial charge in [-0.3, -0.25) is 0 Å². The van der Waals surface area contributed by atoms with E-state index in [1.165, 1.54) is 31.2 Å². The van der Waals surface area contributed by atoms with E-state index in [9.17, 15) is 5.11 Å². The van der Waals surface area contributed by atoms with Gasteiger partial charge in [-0.25, -0.2) is 0 Å². The van der Waals surface area contributed by atoms with E-state index in [4.69, 9.17) is 0 Å². The lowest BCUT2D eigenvalue weighted by molar-refractivity contribution is 0.162. The van der Waals surface area contributed by atoms with Gasteiger partial charge in [0.25, 0.3) is 0 Å². The zero-order valence-electron chi connectivity index (χ0n) is 13.2. The molecule has 1 fully saturated rings. The van der Waals surface area contributed by atoms with Crippen LogP contribution in [-0.2, 0) is 5.41 Å². The second-order valence-corrected chi connectivity index (χ2v) is 7.21. The third-order valence-corrected chi connectivity index (χ3v) is 5.92. The van der Waals surface area contributed by atoms with Crippen molar-refractivity contribution in [3.05, 3.63) is 58.3 Å². The molecule has 1 aromatic carbocycles. The molecule has 0 radical (unpaired) electrons. The number of hydrogen-bond acceptors (Lipinski definition) is 3. The van der Waals surface area contributed by atoms with Gasteiger partial charge in [0.05, 0.1) is 6.10 Å². The maximum Gasteiger partial charge on any atom is 0.0922 e. The molecule has 1 aromatic heterocycles. The summed E-state index contributed by atoms with van der Waals surface area (Å²) in [5.41, 5.74) is 2.68. The maximum atomic E-state index is 10.3. The Bertz CT molecular complexity index is 560. The molecule has 3 rings (SSSR count). The van der Waals surface area contributed by atoms with Crippen LogP contribution in [-0.4, -0.2) is 17.7 Å². The van der Waals surface area contributed by atoms with Crippen LogP contribution in [0.25, 0.3) is 0 Å². The van der Waals surface area contributed by atoms with E-state index in [1.807, 2.05) is 16.8 Å². The molecular formula is C19H25NOS.